The summed E-state index contributed by atoms with van der Waals surface area (Å²) in [6.07, 6.45) is -1.99. The van der Waals surface area contributed by atoms with Gasteiger partial charge in [0.1, 0.15) is 0 Å². The molecule has 0 bridgehead atoms. The fourth-order valence-electron chi connectivity index (χ4n) is 1.24. The number of aryl methyl sites for hydroxylation is 1. The summed E-state index contributed by atoms with van der Waals surface area (Å²) in [6, 6.07) is 6.22. The number of rotatable bonds is 5. The Hall–Kier alpha value is -1.60. The van der Waals surface area contributed by atoms with E-state index < -0.39 is 22.3 Å². The number of carbonyl (C=O) groups is 1. The molecule has 18 heavy (non-hydrogen) atoms. The van der Waals surface area contributed by atoms with Crippen molar-refractivity contribution in [1.82, 2.24) is 5.32 Å². The third-order valence-corrected chi connectivity index (χ3v) is 3.57. The van der Waals surface area contributed by atoms with Crippen molar-refractivity contribution in [2.24, 2.45) is 0 Å². The maximum atomic E-state index is 11.8. The lowest BCUT2D eigenvalue weighted by molar-refractivity contribution is 0.180. The molecule has 1 atom stereocenters. The smallest absolute Gasteiger partial charge is 0.404 e. The Morgan fingerprint density at radius 3 is 2.44 bits per heavy atom. The molecule has 1 rings (SSSR count). The Labute approximate surface area is 106 Å². The topological polar surface area (TPSA) is 92.7 Å². The van der Waals surface area contributed by atoms with Crippen molar-refractivity contribution >= 4 is 16.2 Å². The lowest BCUT2D eigenvalue weighted by Crippen LogP contribution is -2.32. The van der Waals surface area contributed by atoms with Crippen molar-refractivity contribution in [3.05, 3.63) is 29.8 Å². The maximum absolute atomic E-state index is 11.8. The van der Waals surface area contributed by atoms with Crippen LogP contribution >= 0.6 is 0 Å². The first kappa shape index (κ1) is 14.5. The van der Waals surface area contributed by atoms with Crippen LogP contribution in [0.5, 0.6) is 0 Å². The van der Waals surface area contributed by atoms with Crippen LogP contribution in [0, 0.1) is 6.92 Å². The Balaban J connectivity index is 2.70. The average Bonchev–Trinajstić information content (AvgIpc) is 2.26. The summed E-state index contributed by atoms with van der Waals surface area (Å²) in [5.41, 5.74) is 0.939. The molecule has 0 aliphatic heterocycles. The van der Waals surface area contributed by atoms with Gasteiger partial charge in [-0.05, 0) is 26.0 Å². The summed E-state index contributed by atoms with van der Waals surface area (Å²) in [6.45, 7) is 3.22. The lowest BCUT2D eigenvalue weighted by atomic mass is 10.2. The van der Waals surface area contributed by atoms with E-state index in [1.807, 2.05) is 6.92 Å². The van der Waals surface area contributed by atoms with E-state index in [0.717, 1.165) is 5.56 Å². The molecule has 0 saturated carbocycles. The first-order chi connectivity index (χ1) is 8.31. The molecule has 0 fully saturated rings. The van der Waals surface area contributed by atoms with Gasteiger partial charge in [-0.25, -0.2) is 4.79 Å². The molecule has 1 aromatic rings. The second-order valence-corrected chi connectivity index (χ2v) is 5.43. The van der Waals surface area contributed by atoms with Crippen LogP contribution in [0.3, 0.4) is 0 Å². The van der Waals surface area contributed by atoms with Gasteiger partial charge in [-0.1, -0.05) is 17.7 Å². The molecule has 0 aliphatic rings. The lowest BCUT2D eigenvalue weighted by Gasteiger charge is -2.12. The fraction of sp³-hybridized carbons (Fsp3) is 0.364. The minimum absolute atomic E-state index is 0.0512. The minimum Gasteiger partial charge on any atom is -0.465 e. The predicted octanol–water partition coefficient (Wildman–Crippen LogP) is 1.36. The number of nitrogens with one attached hydrogen (secondary N) is 1. The average molecular weight is 273 g/mol. The molecule has 0 saturated heterocycles. The highest BCUT2D eigenvalue weighted by atomic mass is 32.2. The van der Waals surface area contributed by atoms with Crippen molar-refractivity contribution in [2.45, 2.75) is 24.8 Å². The van der Waals surface area contributed by atoms with Gasteiger partial charge < -0.3 is 10.4 Å². The minimum atomic E-state index is -3.86. The molecule has 0 radical (unpaired) electrons. The van der Waals surface area contributed by atoms with Gasteiger partial charge in [-0.2, -0.15) is 8.42 Å². The number of hydrogen-bond donors (Lipinski definition) is 2. The summed E-state index contributed by atoms with van der Waals surface area (Å²) in [7, 11) is -3.86. The van der Waals surface area contributed by atoms with E-state index in [1.54, 1.807) is 12.1 Å². The van der Waals surface area contributed by atoms with Gasteiger partial charge in [0.2, 0.25) is 0 Å². The van der Waals surface area contributed by atoms with Gasteiger partial charge in [-0.3, -0.25) is 4.18 Å². The summed E-state index contributed by atoms with van der Waals surface area (Å²) in [5, 5.41) is 10.4. The molecule has 0 aromatic heterocycles. The van der Waals surface area contributed by atoms with E-state index in [2.05, 4.69) is 5.32 Å². The van der Waals surface area contributed by atoms with E-state index in [9.17, 15) is 13.2 Å². The van der Waals surface area contributed by atoms with Crippen LogP contribution in [0.1, 0.15) is 12.5 Å². The zero-order valence-electron chi connectivity index (χ0n) is 10.1. The molecule has 7 heteroatoms. The predicted molar refractivity (Wildman–Crippen MR) is 64.9 cm³/mol. The number of hydrogen-bond acceptors (Lipinski definition) is 4. The van der Waals surface area contributed by atoms with Gasteiger partial charge in [0.15, 0.2) is 0 Å². The fourth-order valence-corrected chi connectivity index (χ4v) is 2.32. The highest BCUT2D eigenvalue weighted by Gasteiger charge is 2.19. The first-order valence-corrected chi connectivity index (χ1v) is 6.69. The quantitative estimate of drug-likeness (QED) is 0.790. The summed E-state index contributed by atoms with van der Waals surface area (Å²) < 4.78 is 28.5. The van der Waals surface area contributed by atoms with Gasteiger partial charge in [0, 0.05) is 6.54 Å². The van der Waals surface area contributed by atoms with E-state index in [1.165, 1.54) is 19.1 Å². The van der Waals surface area contributed by atoms with Crippen molar-refractivity contribution in [2.75, 3.05) is 6.54 Å². The van der Waals surface area contributed by atoms with Crippen LogP contribution in [-0.4, -0.2) is 32.3 Å². The standard InChI is InChI=1S/C11H15NO5S/c1-8-3-5-10(6-4-8)18(15,16)17-9(2)7-12-11(13)14/h3-6,9,12H,7H2,1-2H3,(H,13,14). The van der Waals surface area contributed by atoms with E-state index in [4.69, 9.17) is 9.29 Å². The maximum Gasteiger partial charge on any atom is 0.404 e. The third kappa shape index (κ3) is 4.34. The number of benzene rings is 1. The summed E-state index contributed by atoms with van der Waals surface area (Å²) in [4.78, 5) is 10.3. The highest BCUT2D eigenvalue weighted by Crippen LogP contribution is 2.14. The second-order valence-electron chi connectivity index (χ2n) is 3.86. The SMILES string of the molecule is Cc1ccc(S(=O)(=O)OC(C)CNC(=O)O)cc1. The molecule has 2 N–H and O–H groups in total. The number of amides is 1. The summed E-state index contributed by atoms with van der Waals surface area (Å²) in [5.74, 6) is 0. The molecule has 0 aliphatic carbocycles. The molecular formula is C11H15NO5S. The van der Waals surface area contributed by atoms with Gasteiger partial charge in [0.05, 0.1) is 11.0 Å². The van der Waals surface area contributed by atoms with Crippen molar-refractivity contribution in [1.29, 1.82) is 0 Å². The third-order valence-electron chi connectivity index (χ3n) is 2.14. The van der Waals surface area contributed by atoms with Crippen LogP contribution in [0.25, 0.3) is 0 Å². The Bertz CT molecular complexity index is 509. The van der Waals surface area contributed by atoms with Gasteiger partial charge in [-0.15, -0.1) is 0 Å². The van der Waals surface area contributed by atoms with Gasteiger partial charge >= 0.3 is 6.09 Å². The Morgan fingerprint density at radius 2 is 1.94 bits per heavy atom. The van der Waals surface area contributed by atoms with Crippen LogP contribution in [0.4, 0.5) is 4.79 Å². The molecule has 6 nitrogen and oxygen atoms in total. The van der Waals surface area contributed by atoms with E-state index in [0.29, 0.717) is 0 Å². The van der Waals surface area contributed by atoms with E-state index >= 15 is 0 Å². The Morgan fingerprint density at radius 1 is 1.39 bits per heavy atom. The zero-order valence-corrected chi connectivity index (χ0v) is 10.9. The Kier molecular flexibility index (Phi) is 4.69. The van der Waals surface area contributed by atoms with Crippen molar-refractivity contribution in [3.63, 3.8) is 0 Å². The molecular weight excluding hydrogens is 258 g/mol. The monoisotopic (exact) mass is 273 g/mol. The largest absolute Gasteiger partial charge is 0.465 e. The first-order valence-electron chi connectivity index (χ1n) is 5.28. The van der Waals surface area contributed by atoms with Crippen LogP contribution in [0.15, 0.2) is 29.2 Å². The van der Waals surface area contributed by atoms with Crippen LogP contribution in [0.2, 0.25) is 0 Å². The van der Waals surface area contributed by atoms with Crippen LogP contribution in [-0.2, 0) is 14.3 Å². The van der Waals surface area contributed by atoms with Crippen LogP contribution < -0.4 is 5.32 Å². The molecule has 1 aromatic carbocycles. The van der Waals surface area contributed by atoms with Crippen molar-refractivity contribution < 1.29 is 22.5 Å². The molecule has 100 valence electrons. The summed E-state index contributed by atoms with van der Waals surface area (Å²) >= 11 is 0. The highest BCUT2D eigenvalue weighted by molar-refractivity contribution is 7.86. The molecule has 0 spiro atoms. The van der Waals surface area contributed by atoms with Crippen molar-refractivity contribution in [3.8, 4) is 0 Å². The second kappa shape index (κ2) is 5.83. The molecule has 0 heterocycles. The molecule has 1 amide bonds. The zero-order chi connectivity index (χ0) is 13.8. The normalized spacial score (nSPS) is 13.0. The number of carboxylic acid groups (broad SMARTS) is 1. The molecule has 1 unspecified atom stereocenters. The van der Waals surface area contributed by atoms with Gasteiger partial charge in [0.25, 0.3) is 10.1 Å². The van der Waals surface area contributed by atoms with E-state index in [-0.39, 0.29) is 11.4 Å².